The largest absolute Gasteiger partial charge is 0.444 e. The average Bonchev–Trinajstić information content (AvgIpc) is 2.47. The van der Waals surface area contributed by atoms with Gasteiger partial charge < -0.3 is 20.7 Å². The standard InChI is InChI=1S/C17H28N4O2/c1-5-17(20-15(22)23-16(2,3)4)8-11-21(12-9-17)13-7-6-10-19-14(13)18/h6-7,10H,5,8-9,11-12H2,1-4H3,(H2,18,19)(H,20,22). The molecule has 1 aliphatic heterocycles. The minimum Gasteiger partial charge on any atom is -0.444 e. The van der Waals surface area contributed by atoms with Crippen molar-refractivity contribution in [2.45, 2.75) is 58.1 Å². The number of amides is 1. The number of rotatable bonds is 3. The second-order valence-corrected chi connectivity index (χ2v) is 7.16. The molecule has 0 saturated carbocycles. The topological polar surface area (TPSA) is 80.5 Å². The van der Waals surface area contributed by atoms with Gasteiger partial charge in [0.2, 0.25) is 0 Å². The molecule has 0 atom stereocenters. The van der Waals surface area contributed by atoms with E-state index >= 15 is 0 Å². The fourth-order valence-corrected chi connectivity index (χ4v) is 2.94. The minimum absolute atomic E-state index is 0.212. The first-order chi connectivity index (χ1) is 10.7. The molecule has 2 heterocycles. The van der Waals surface area contributed by atoms with Crippen LogP contribution in [-0.4, -0.2) is 35.3 Å². The normalized spacial score (nSPS) is 17.7. The van der Waals surface area contributed by atoms with Gasteiger partial charge in [0.05, 0.1) is 5.69 Å². The molecular formula is C17H28N4O2. The van der Waals surface area contributed by atoms with Gasteiger partial charge in [0.15, 0.2) is 0 Å². The van der Waals surface area contributed by atoms with Crippen LogP contribution in [0.2, 0.25) is 0 Å². The molecule has 1 amide bonds. The van der Waals surface area contributed by atoms with Gasteiger partial charge >= 0.3 is 6.09 Å². The molecule has 1 fully saturated rings. The Balaban J connectivity index is 1.99. The maximum atomic E-state index is 12.1. The second-order valence-electron chi connectivity index (χ2n) is 7.16. The minimum atomic E-state index is -0.482. The summed E-state index contributed by atoms with van der Waals surface area (Å²) in [5.74, 6) is 0.552. The van der Waals surface area contributed by atoms with Gasteiger partial charge in [-0.05, 0) is 52.2 Å². The maximum Gasteiger partial charge on any atom is 0.408 e. The van der Waals surface area contributed by atoms with Gasteiger partial charge in [-0.15, -0.1) is 0 Å². The van der Waals surface area contributed by atoms with Gasteiger partial charge in [0.25, 0.3) is 0 Å². The van der Waals surface area contributed by atoms with Crippen molar-refractivity contribution in [2.24, 2.45) is 0 Å². The van der Waals surface area contributed by atoms with Crippen LogP contribution in [0, 0.1) is 0 Å². The summed E-state index contributed by atoms with van der Waals surface area (Å²) >= 11 is 0. The highest BCUT2D eigenvalue weighted by Gasteiger charge is 2.36. The van der Waals surface area contributed by atoms with E-state index in [1.165, 1.54) is 0 Å². The molecular weight excluding hydrogens is 292 g/mol. The summed E-state index contributed by atoms with van der Waals surface area (Å²) in [6.07, 6.45) is 3.95. The number of aromatic nitrogens is 1. The van der Waals surface area contributed by atoms with E-state index in [1.807, 2.05) is 32.9 Å². The summed E-state index contributed by atoms with van der Waals surface area (Å²) < 4.78 is 5.40. The molecule has 0 aromatic carbocycles. The highest BCUT2D eigenvalue weighted by atomic mass is 16.6. The van der Waals surface area contributed by atoms with E-state index in [4.69, 9.17) is 10.5 Å². The quantitative estimate of drug-likeness (QED) is 0.895. The Kier molecular flexibility index (Phi) is 5.02. The lowest BCUT2D eigenvalue weighted by Crippen LogP contribution is -2.56. The van der Waals surface area contributed by atoms with Crippen molar-refractivity contribution in [3.8, 4) is 0 Å². The van der Waals surface area contributed by atoms with E-state index in [-0.39, 0.29) is 11.6 Å². The first-order valence-electron chi connectivity index (χ1n) is 8.21. The van der Waals surface area contributed by atoms with Crippen LogP contribution in [-0.2, 0) is 4.74 Å². The lowest BCUT2D eigenvalue weighted by atomic mass is 9.85. The van der Waals surface area contributed by atoms with Gasteiger partial charge in [-0.1, -0.05) is 6.92 Å². The molecule has 3 N–H and O–H groups in total. The number of piperidine rings is 1. The van der Waals surface area contributed by atoms with Crippen LogP contribution in [0.1, 0.15) is 47.0 Å². The molecule has 0 spiro atoms. The molecule has 2 rings (SSSR count). The van der Waals surface area contributed by atoms with Crippen molar-refractivity contribution in [3.05, 3.63) is 18.3 Å². The van der Waals surface area contributed by atoms with Gasteiger partial charge in [-0.3, -0.25) is 0 Å². The number of anilines is 2. The zero-order valence-corrected chi connectivity index (χ0v) is 14.6. The fourth-order valence-electron chi connectivity index (χ4n) is 2.94. The number of ether oxygens (including phenoxy) is 1. The Bertz CT molecular complexity index is 546. The number of nitrogens with two attached hydrogens (primary N) is 1. The van der Waals surface area contributed by atoms with Crippen LogP contribution >= 0.6 is 0 Å². The van der Waals surface area contributed by atoms with E-state index in [2.05, 4.69) is 22.1 Å². The third-order valence-electron chi connectivity index (χ3n) is 4.32. The third kappa shape index (κ3) is 4.50. The molecule has 1 aromatic rings. The zero-order chi connectivity index (χ0) is 17.1. The summed E-state index contributed by atoms with van der Waals surface area (Å²) in [5, 5.41) is 3.09. The smallest absolute Gasteiger partial charge is 0.408 e. The summed E-state index contributed by atoms with van der Waals surface area (Å²) in [5.41, 5.74) is 6.23. The molecule has 1 aromatic heterocycles. The first kappa shape index (κ1) is 17.4. The van der Waals surface area contributed by atoms with Crippen LogP contribution in [0.5, 0.6) is 0 Å². The molecule has 6 heteroatoms. The van der Waals surface area contributed by atoms with E-state index in [0.29, 0.717) is 5.82 Å². The summed E-state index contributed by atoms with van der Waals surface area (Å²) in [7, 11) is 0. The predicted molar refractivity (Wildman–Crippen MR) is 92.5 cm³/mol. The monoisotopic (exact) mass is 320 g/mol. The molecule has 0 aliphatic carbocycles. The zero-order valence-electron chi connectivity index (χ0n) is 14.6. The van der Waals surface area contributed by atoms with Gasteiger partial charge in [-0.25, -0.2) is 9.78 Å². The van der Waals surface area contributed by atoms with Crippen LogP contribution in [0.4, 0.5) is 16.3 Å². The Morgan fingerprint density at radius 1 is 1.43 bits per heavy atom. The van der Waals surface area contributed by atoms with Crippen LogP contribution in [0.3, 0.4) is 0 Å². The van der Waals surface area contributed by atoms with E-state index in [9.17, 15) is 4.79 Å². The van der Waals surface area contributed by atoms with Crippen molar-refractivity contribution < 1.29 is 9.53 Å². The molecule has 1 saturated heterocycles. The summed E-state index contributed by atoms with van der Waals surface area (Å²) in [4.78, 5) is 18.5. The SMILES string of the molecule is CCC1(NC(=O)OC(C)(C)C)CCN(c2cccnc2N)CC1. The third-order valence-corrected chi connectivity index (χ3v) is 4.32. The van der Waals surface area contributed by atoms with Gasteiger partial charge in [0.1, 0.15) is 11.4 Å². The number of nitrogens with zero attached hydrogens (tertiary/aromatic N) is 2. The Hall–Kier alpha value is -1.98. The van der Waals surface area contributed by atoms with Crippen LogP contribution in [0.15, 0.2) is 18.3 Å². The van der Waals surface area contributed by atoms with Gasteiger partial charge in [-0.2, -0.15) is 0 Å². The molecule has 0 unspecified atom stereocenters. The lowest BCUT2D eigenvalue weighted by Gasteiger charge is -2.43. The van der Waals surface area contributed by atoms with Crippen LogP contribution < -0.4 is 16.0 Å². The Morgan fingerprint density at radius 3 is 2.61 bits per heavy atom. The van der Waals surface area contributed by atoms with E-state index < -0.39 is 5.60 Å². The van der Waals surface area contributed by atoms with E-state index in [1.54, 1.807) is 6.20 Å². The second kappa shape index (κ2) is 6.64. The number of alkyl carbamates (subject to hydrolysis) is 1. The molecule has 0 radical (unpaired) electrons. The number of hydrogen-bond acceptors (Lipinski definition) is 5. The predicted octanol–water partition coefficient (Wildman–Crippen LogP) is 2.94. The number of nitrogen functional groups attached to an aromatic ring is 1. The van der Waals surface area contributed by atoms with Crippen molar-refractivity contribution in [1.29, 1.82) is 0 Å². The summed E-state index contributed by atoms with van der Waals surface area (Å²) in [6.45, 7) is 9.39. The van der Waals surface area contributed by atoms with Crippen LogP contribution in [0.25, 0.3) is 0 Å². The Labute approximate surface area is 138 Å². The van der Waals surface area contributed by atoms with Crippen molar-refractivity contribution in [1.82, 2.24) is 10.3 Å². The molecule has 0 bridgehead atoms. The number of nitrogens with one attached hydrogen (secondary N) is 1. The number of carbonyl (C=O) groups is 1. The number of pyridine rings is 1. The van der Waals surface area contributed by atoms with Gasteiger partial charge in [0, 0.05) is 24.8 Å². The number of hydrogen-bond donors (Lipinski definition) is 2. The summed E-state index contributed by atoms with van der Waals surface area (Å²) in [6, 6.07) is 3.88. The number of carbonyl (C=O) groups excluding carboxylic acids is 1. The van der Waals surface area contributed by atoms with E-state index in [0.717, 1.165) is 38.0 Å². The Morgan fingerprint density at radius 2 is 2.09 bits per heavy atom. The van der Waals surface area contributed by atoms with Crippen molar-refractivity contribution in [2.75, 3.05) is 23.7 Å². The average molecular weight is 320 g/mol. The fraction of sp³-hybridized carbons (Fsp3) is 0.647. The first-order valence-corrected chi connectivity index (χ1v) is 8.21. The lowest BCUT2D eigenvalue weighted by molar-refractivity contribution is 0.0431. The maximum absolute atomic E-state index is 12.1. The molecule has 6 nitrogen and oxygen atoms in total. The molecule has 128 valence electrons. The van der Waals surface area contributed by atoms with Crippen molar-refractivity contribution in [3.63, 3.8) is 0 Å². The van der Waals surface area contributed by atoms with Crippen molar-refractivity contribution >= 4 is 17.6 Å². The highest BCUT2D eigenvalue weighted by molar-refractivity contribution is 5.69. The molecule has 1 aliphatic rings. The molecule has 23 heavy (non-hydrogen) atoms. The highest BCUT2D eigenvalue weighted by Crippen LogP contribution is 2.31.